The number of fused-ring (bicyclic) bond motifs is 1. The second-order valence-electron chi connectivity index (χ2n) is 4.17. The smallest absolute Gasteiger partial charge is 0.286 e. The van der Waals surface area contributed by atoms with Gasteiger partial charge in [0.25, 0.3) is 5.24 Å². The molecule has 1 aromatic rings. The first-order valence-electron chi connectivity index (χ1n) is 5.28. The maximum atomic E-state index is 13.7. The molecule has 0 aromatic heterocycles. The first-order valence-corrected chi connectivity index (χ1v) is 6.10. The van der Waals surface area contributed by atoms with E-state index in [1.165, 1.54) is 10.5 Å². The summed E-state index contributed by atoms with van der Waals surface area (Å²) in [7, 11) is 3.33. The molecule has 1 amide bonds. The Kier molecular flexibility index (Phi) is 3.19. The number of benzene rings is 1. The lowest BCUT2D eigenvalue weighted by Crippen LogP contribution is -2.16. The summed E-state index contributed by atoms with van der Waals surface area (Å²) in [6.45, 7) is 0. The van der Waals surface area contributed by atoms with Gasteiger partial charge in [-0.15, -0.1) is 0 Å². The van der Waals surface area contributed by atoms with Gasteiger partial charge in [-0.25, -0.2) is 4.39 Å². The van der Waals surface area contributed by atoms with Gasteiger partial charge in [0.2, 0.25) is 0 Å². The Morgan fingerprint density at radius 2 is 1.94 bits per heavy atom. The average molecular weight is 239 g/mol. The van der Waals surface area contributed by atoms with Gasteiger partial charge in [0.05, 0.1) is 4.90 Å². The second-order valence-corrected chi connectivity index (χ2v) is 5.16. The number of rotatable bonds is 1. The van der Waals surface area contributed by atoms with E-state index in [9.17, 15) is 9.18 Å². The molecule has 0 saturated heterocycles. The molecule has 1 aliphatic carbocycles. The van der Waals surface area contributed by atoms with Crippen molar-refractivity contribution in [1.82, 2.24) is 4.90 Å². The molecular weight excluding hydrogens is 225 g/mol. The molecule has 0 saturated carbocycles. The number of thioether (sulfide) groups is 1. The Morgan fingerprint density at radius 1 is 1.31 bits per heavy atom. The number of halogens is 1. The minimum absolute atomic E-state index is 0.142. The van der Waals surface area contributed by atoms with Crippen molar-refractivity contribution in [2.45, 2.75) is 24.2 Å². The van der Waals surface area contributed by atoms with Crippen molar-refractivity contribution in [3.63, 3.8) is 0 Å². The number of carbonyl (C=O) groups is 1. The third kappa shape index (κ3) is 2.21. The maximum absolute atomic E-state index is 13.7. The van der Waals surface area contributed by atoms with Crippen LogP contribution >= 0.6 is 11.8 Å². The zero-order valence-corrected chi connectivity index (χ0v) is 10.2. The first kappa shape index (κ1) is 11.5. The van der Waals surface area contributed by atoms with Gasteiger partial charge in [0, 0.05) is 14.1 Å². The lowest BCUT2D eigenvalue weighted by molar-refractivity contribution is 0.241. The van der Waals surface area contributed by atoms with E-state index in [-0.39, 0.29) is 11.1 Å². The van der Waals surface area contributed by atoms with Crippen molar-refractivity contribution in [1.29, 1.82) is 0 Å². The molecule has 0 spiro atoms. The molecule has 0 atom stereocenters. The largest absolute Gasteiger partial charge is 0.339 e. The monoisotopic (exact) mass is 239 g/mol. The number of nitrogens with zero attached hydrogens (tertiary/aromatic N) is 1. The highest BCUT2D eigenvalue weighted by atomic mass is 32.2. The number of amides is 1. The Labute approximate surface area is 98.8 Å². The molecule has 2 nitrogen and oxygen atoms in total. The van der Waals surface area contributed by atoms with Crippen molar-refractivity contribution in [3.05, 3.63) is 29.1 Å². The summed E-state index contributed by atoms with van der Waals surface area (Å²) >= 11 is 0.956. The van der Waals surface area contributed by atoms with Gasteiger partial charge in [-0.05, 0) is 54.3 Å². The summed E-state index contributed by atoms with van der Waals surface area (Å²) in [4.78, 5) is 13.4. The van der Waals surface area contributed by atoms with Crippen LogP contribution in [-0.4, -0.2) is 24.2 Å². The molecule has 0 bridgehead atoms. The normalized spacial score (nSPS) is 13.7. The Hall–Kier alpha value is -1.03. The van der Waals surface area contributed by atoms with Crippen LogP contribution in [-0.2, 0) is 12.8 Å². The predicted octanol–water partition coefficient (Wildman–Crippen LogP) is 3.09. The highest BCUT2D eigenvalue weighted by Gasteiger charge is 2.17. The fourth-order valence-corrected chi connectivity index (χ4v) is 2.56. The average Bonchev–Trinajstić information content (AvgIpc) is 2.65. The zero-order valence-electron chi connectivity index (χ0n) is 9.42. The van der Waals surface area contributed by atoms with Gasteiger partial charge >= 0.3 is 0 Å². The van der Waals surface area contributed by atoms with E-state index in [1.54, 1.807) is 20.2 Å². The minimum atomic E-state index is -0.277. The lowest BCUT2D eigenvalue weighted by atomic mass is 10.1. The predicted molar refractivity (Wildman–Crippen MR) is 63.4 cm³/mol. The third-order valence-electron chi connectivity index (χ3n) is 2.71. The molecule has 16 heavy (non-hydrogen) atoms. The third-order valence-corrected chi connectivity index (χ3v) is 3.78. The van der Waals surface area contributed by atoms with Crippen LogP contribution in [0, 0.1) is 5.82 Å². The fourth-order valence-electron chi connectivity index (χ4n) is 1.83. The number of carbonyl (C=O) groups excluding carboxylic acids is 1. The molecule has 1 aliphatic rings. The van der Waals surface area contributed by atoms with Gasteiger partial charge < -0.3 is 4.90 Å². The van der Waals surface area contributed by atoms with Crippen LogP contribution in [0.25, 0.3) is 0 Å². The second kappa shape index (κ2) is 4.45. The molecule has 1 aromatic carbocycles. The highest BCUT2D eigenvalue weighted by Crippen LogP contribution is 2.31. The Balaban J connectivity index is 2.25. The van der Waals surface area contributed by atoms with Gasteiger partial charge in [-0.2, -0.15) is 0 Å². The van der Waals surface area contributed by atoms with Crippen molar-refractivity contribution >= 4 is 17.0 Å². The molecule has 0 fully saturated rings. The highest BCUT2D eigenvalue weighted by molar-refractivity contribution is 8.13. The van der Waals surface area contributed by atoms with Crippen LogP contribution in [0.3, 0.4) is 0 Å². The summed E-state index contributed by atoms with van der Waals surface area (Å²) in [5.74, 6) is -0.277. The number of aryl methyl sites for hydroxylation is 2. The number of hydrogen-bond donors (Lipinski definition) is 0. The molecular formula is C12H14FNOS. The van der Waals surface area contributed by atoms with E-state index in [4.69, 9.17) is 0 Å². The van der Waals surface area contributed by atoms with Gasteiger partial charge in [-0.1, -0.05) is 0 Å². The molecule has 0 radical (unpaired) electrons. The summed E-state index contributed by atoms with van der Waals surface area (Å²) in [6, 6.07) is 3.40. The van der Waals surface area contributed by atoms with Gasteiger partial charge in [0.1, 0.15) is 5.82 Å². The lowest BCUT2D eigenvalue weighted by Gasteiger charge is -2.10. The van der Waals surface area contributed by atoms with Crippen molar-refractivity contribution < 1.29 is 9.18 Å². The van der Waals surface area contributed by atoms with Gasteiger partial charge in [-0.3, -0.25) is 4.79 Å². The fraction of sp³-hybridized carbons (Fsp3) is 0.417. The molecule has 0 N–H and O–H groups in total. The zero-order chi connectivity index (χ0) is 11.7. The van der Waals surface area contributed by atoms with Crippen LogP contribution in [0.5, 0.6) is 0 Å². The SMILES string of the molecule is CN(C)C(=O)Sc1cc2c(cc1F)CCC2. The van der Waals surface area contributed by atoms with Crippen molar-refractivity contribution in [2.24, 2.45) is 0 Å². The van der Waals surface area contributed by atoms with Crippen molar-refractivity contribution in [3.8, 4) is 0 Å². The summed E-state index contributed by atoms with van der Waals surface area (Å²) in [5.41, 5.74) is 2.29. The molecule has 2 rings (SSSR count). The van der Waals surface area contributed by atoms with E-state index in [2.05, 4.69) is 0 Å². The van der Waals surface area contributed by atoms with E-state index < -0.39 is 0 Å². The van der Waals surface area contributed by atoms with Crippen LogP contribution in [0.2, 0.25) is 0 Å². The first-order chi connectivity index (χ1) is 7.58. The summed E-state index contributed by atoms with van der Waals surface area (Å²) in [5, 5.41) is -0.142. The molecule has 86 valence electrons. The molecule has 0 unspecified atom stereocenters. The Bertz CT molecular complexity index is 431. The standard InChI is InChI=1S/C12H14FNOS/c1-14(2)12(15)16-11-7-9-5-3-4-8(9)6-10(11)13/h6-7H,3-5H2,1-2H3. The number of hydrogen-bond acceptors (Lipinski definition) is 2. The minimum Gasteiger partial charge on any atom is -0.339 e. The van der Waals surface area contributed by atoms with Crippen LogP contribution in [0.4, 0.5) is 9.18 Å². The quantitative estimate of drug-likeness (QED) is 0.702. The topological polar surface area (TPSA) is 20.3 Å². The van der Waals surface area contributed by atoms with E-state index in [1.807, 2.05) is 6.07 Å². The van der Waals surface area contributed by atoms with E-state index in [0.717, 1.165) is 36.6 Å². The van der Waals surface area contributed by atoms with Crippen LogP contribution < -0.4 is 0 Å². The molecule has 4 heteroatoms. The maximum Gasteiger partial charge on any atom is 0.286 e. The van der Waals surface area contributed by atoms with Gasteiger partial charge in [0.15, 0.2) is 0 Å². The van der Waals surface area contributed by atoms with E-state index >= 15 is 0 Å². The van der Waals surface area contributed by atoms with Crippen LogP contribution in [0.1, 0.15) is 17.5 Å². The van der Waals surface area contributed by atoms with Crippen LogP contribution in [0.15, 0.2) is 17.0 Å². The molecule has 0 heterocycles. The summed E-state index contributed by atoms with van der Waals surface area (Å²) < 4.78 is 13.7. The summed E-state index contributed by atoms with van der Waals surface area (Å²) in [6.07, 6.45) is 3.04. The molecule has 0 aliphatic heterocycles. The van der Waals surface area contributed by atoms with Crippen molar-refractivity contribution in [2.75, 3.05) is 14.1 Å². The van der Waals surface area contributed by atoms with E-state index in [0.29, 0.717) is 4.90 Å². The Morgan fingerprint density at radius 3 is 2.56 bits per heavy atom.